The predicted molar refractivity (Wildman–Crippen MR) is 65.9 cm³/mol. The summed E-state index contributed by atoms with van der Waals surface area (Å²) < 4.78 is 45.3. The molecular formula is C11H4Cl3F3O2. The third kappa shape index (κ3) is 3.11. The van der Waals surface area contributed by atoms with Crippen molar-refractivity contribution in [3.63, 3.8) is 0 Å². The summed E-state index contributed by atoms with van der Waals surface area (Å²) >= 11 is 17.5. The highest BCUT2D eigenvalue weighted by Crippen LogP contribution is 2.45. The van der Waals surface area contributed by atoms with Crippen LogP contribution in [0.2, 0.25) is 15.1 Å². The molecule has 2 aromatic rings. The molecule has 0 aliphatic carbocycles. The van der Waals surface area contributed by atoms with E-state index >= 15 is 0 Å². The largest absolute Gasteiger partial charge is 0.573 e. The standard InChI is InChI=1S/C11H4Cl3F3O2/c12-5-4-7(19-11(15,16)17)9(13)10(14)8(5)6-2-1-3-18-6/h1-4H. The van der Waals surface area contributed by atoms with Crippen molar-refractivity contribution in [1.29, 1.82) is 0 Å². The van der Waals surface area contributed by atoms with Crippen molar-refractivity contribution in [2.45, 2.75) is 6.36 Å². The summed E-state index contributed by atoms with van der Waals surface area (Å²) in [6, 6.07) is 4.06. The van der Waals surface area contributed by atoms with Crippen LogP contribution in [0.15, 0.2) is 28.9 Å². The van der Waals surface area contributed by atoms with Crippen LogP contribution in [0, 0.1) is 0 Å². The number of ether oxygens (including phenoxy) is 1. The van der Waals surface area contributed by atoms with Gasteiger partial charge in [-0.15, -0.1) is 13.2 Å². The zero-order valence-corrected chi connectivity index (χ0v) is 11.2. The fourth-order valence-corrected chi connectivity index (χ4v) is 2.23. The lowest BCUT2D eigenvalue weighted by Gasteiger charge is -2.14. The maximum Gasteiger partial charge on any atom is 0.573 e. The van der Waals surface area contributed by atoms with Gasteiger partial charge in [0.2, 0.25) is 0 Å². The summed E-state index contributed by atoms with van der Waals surface area (Å²) in [5.41, 5.74) is 0.202. The lowest BCUT2D eigenvalue weighted by Crippen LogP contribution is -2.17. The molecule has 0 N–H and O–H groups in total. The minimum atomic E-state index is -4.89. The van der Waals surface area contributed by atoms with Gasteiger partial charge in [0.05, 0.1) is 21.9 Å². The fourth-order valence-electron chi connectivity index (χ4n) is 1.42. The van der Waals surface area contributed by atoms with Crippen molar-refractivity contribution in [2.75, 3.05) is 0 Å². The van der Waals surface area contributed by atoms with Crippen LogP contribution in [0.25, 0.3) is 11.3 Å². The first-order chi connectivity index (χ1) is 8.79. The van der Waals surface area contributed by atoms with E-state index in [1.54, 1.807) is 12.1 Å². The van der Waals surface area contributed by atoms with Gasteiger partial charge in [-0.2, -0.15) is 0 Å². The number of furan rings is 1. The third-order valence-corrected chi connectivity index (χ3v) is 3.27. The maximum atomic E-state index is 12.2. The second kappa shape index (κ2) is 5.15. The van der Waals surface area contributed by atoms with Crippen molar-refractivity contribution in [2.24, 2.45) is 0 Å². The Kier molecular flexibility index (Phi) is 3.90. The van der Waals surface area contributed by atoms with Crippen molar-refractivity contribution >= 4 is 34.8 Å². The molecule has 102 valence electrons. The Balaban J connectivity index is 2.54. The summed E-state index contributed by atoms with van der Waals surface area (Å²) in [6.07, 6.45) is -3.52. The van der Waals surface area contributed by atoms with Gasteiger partial charge >= 0.3 is 6.36 Å². The summed E-state index contributed by atoms with van der Waals surface area (Å²) in [6.45, 7) is 0. The number of halogens is 6. The van der Waals surface area contributed by atoms with Crippen LogP contribution in [0.1, 0.15) is 0 Å². The number of hydrogen-bond donors (Lipinski definition) is 0. The molecule has 0 atom stereocenters. The van der Waals surface area contributed by atoms with Gasteiger partial charge in [-0.05, 0) is 12.1 Å². The lowest BCUT2D eigenvalue weighted by atomic mass is 10.1. The summed E-state index contributed by atoms with van der Waals surface area (Å²) in [4.78, 5) is 0. The number of benzene rings is 1. The molecule has 0 bridgehead atoms. The van der Waals surface area contributed by atoms with Crippen LogP contribution in [0.4, 0.5) is 13.2 Å². The van der Waals surface area contributed by atoms with E-state index in [-0.39, 0.29) is 21.4 Å². The lowest BCUT2D eigenvalue weighted by molar-refractivity contribution is -0.274. The first-order valence-electron chi connectivity index (χ1n) is 4.76. The highest BCUT2D eigenvalue weighted by Gasteiger charge is 2.33. The van der Waals surface area contributed by atoms with Crippen molar-refractivity contribution in [3.8, 4) is 17.1 Å². The van der Waals surface area contributed by atoms with Gasteiger partial charge < -0.3 is 9.15 Å². The van der Waals surface area contributed by atoms with Crippen LogP contribution < -0.4 is 4.74 Å². The monoisotopic (exact) mass is 330 g/mol. The van der Waals surface area contributed by atoms with Gasteiger partial charge in [0.15, 0.2) is 5.75 Å². The van der Waals surface area contributed by atoms with E-state index in [4.69, 9.17) is 39.2 Å². The van der Waals surface area contributed by atoms with E-state index in [1.807, 2.05) is 0 Å². The Morgan fingerprint density at radius 1 is 1.11 bits per heavy atom. The summed E-state index contributed by atoms with van der Waals surface area (Å²) in [5.74, 6) is -0.380. The zero-order chi connectivity index (χ0) is 14.2. The SMILES string of the molecule is FC(F)(F)Oc1cc(Cl)c(-c2ccco2)c(Cl)c1Cl. The number of hydrogen-bond acceptors (Lipinski definition) is 2. The number of rotatable bonds is 2. The Hall–Kier alpha value is -1.04. The Morgan fingerprint density at radius 2 is 1.79 bits per heavy atom. The van der Waals surface area contributed by atoms with Crippen molar-refractivity contribution in [3.05, 3.63) is 39.5 Å². The zero-order valence-electron chi connectivity index (χ0n) is 8.89. The van der Waals surface area contributed by atoms with E-state index in [0.29, 0.717) is 0 Å². The predicted octanol–water partition coefficient (Wildman–Crippen LogP) is 5.81. The van der Waals surface area contributed by atoms with Gasteiger partial charge in [0, 0.05) is 6.07 Å². The topological polar surface area (TPSA) is 22.4 Å². The molecule has 2 nitrogen and oxygen atoms in total. The fraction of sp³-hybridized carbons (Fsp3) is 0.0909. The molecule has 0 radical (unpaired) electrons. The Bertz CT molecular complexity index is 594. The maximum absolute atomic E-state index is 12.2. The molecule has 1 aromatic heterocycles. The smallest absolute Gasteiger partial charge is 0.464 e. The second-order valence-corrected chi connectivity index (χ2v) is 4.55. The van der Waals surface area contributed by atoms with E-state index in [2.05, 4.69) is 4.74 Å². The van der Waals surface area contributed by atoms with Gasteiger partial charge in [-0.25, -0.2) is 0 Å². The molecule has 19 heavy (non-hydrogen) atoms. The van der Waals surface area contributed by atoms with E-state index < -0.39 is 17.1 Å². The molecule has 0 saturated heterocycles. The molecule has 1 heterocycles. The second-order valence-electron chi connectivity index (χ2n) is 3.38. The van der Waals surface area contributed by atoms with Crippen LogP contribution >= 0.6 is 34.8 Å². The summed E-state index contributed by atoms with van der Waals surface area (Å²) in [7, 11) is 0. The number of alkyl halides is 3. The average molecular weight is 332 g/mol. The van der Waals surface area contributed by atoms with Gasteiger partial charge in [-0.1, -0.05) is 34.8 Å². The quantitative estimate of drug-likeness (QED) is 0.648. The molecule has 8 heteroatoms. The highest BCUT2D eigenvalue weighted by atomic mass is 35.5. The van der Waals surface area contributed by atoms with Gasteiger partial charge in [0.1, 0.15) is 10.8 Å². The first kappa shape index (κ1) is 14.4. The minimum Gasteiger partial charge on any atom is -0.464 e. The van der Waals surface area contributed by atoms with Gasteiger partial charge in [0.25, 0.3) is 0 Å². The van der Waals surface area contributed by atoms with Crippen LogP contribution in [0.3, 0.4) is 0 Å². The molecule has 0 aliphatic heterocycles. The Morgan fingerprint density at radius 3 is 2.32 bits per heavy atom. The van der Waals surface area contributed by atoms with Crippen LogP contribution in [0.5, 0.6) is 5.75 Å². The van der Waals surface area contributed by atoms with Crippen LogP contribution in [-0.2, 0) is 0 Å². The van der Waals surface area contributed by atoms with Crippen LogP contribution in [-0.4, -0.2) is 6.36 Å². The van der Waals surface area contributed by atoms with E-state index in [9.17, 15) is 13.2 Å². The highest BCUT2D eigenvalue weighted by molar-refractivity contribution is 6.46. The minimum absolute atomic E-state index is 0.0661. The van der Waals surface area contributed by atoms with Gasteiger partial charge in [-0.3, -0.25) is 0 Å². The normalized spacial score (nSPS) is 11.7. The average Bonchev–Trinajstić information content (AvgIpc) is 2.77. The van der Waals surface area contributed by atoms with Crippen molar-refractivity contribution in [1.82, 2.24) is 0 Å². The molecule has 0 saturated carbocycles. The molecule has 0 amide bonds. The molecular weight excluding hydrogens is 327 g/mol. The molecule has 0 fully saturated rings. The molecule has 0 aliphatic rings. The Labute approximate surface area is 120 Å². The van der Waals surface area contributed by atoms with E-state index in [0.717, 1.165) is 6.07 Å². The summed E-state index contributed by atoms with van der Waals surface area (Å²) in [5, 5.41) is -0.637. The first-order valence-corrected chi connectivity index (χ1v) is 5.90. The molecule has 0 unspecified atom stereocenters. The molecule has 0 spiro atoms. The van der Waals surface area contributed by atoms with Crippen molar-refractivity contribution < 1.29 is 22.3 Å². The molecule has 2 rings (SSSR count). The molecule has 1 aromatic carbocycles. The third-order valence-electron chi connectivity index (χ3n) is 2.12. The van der Waals surface area contributed by atoms with E-state index in [1.165, 1.54) is 6.26 Å².